The summed E-state index contributed by atoms with van der Waals surface area (Å²) in [6.07, 6.45) is 2.86. The van der Waals surface area contributed by atoms with Gasteiger partial charge in [-0.1, -0.05) is 18.0 Å². The first kappa shape index (κ1) is 16.4. The van der Waals surface area contributed by atoms with Crippen LogP contribution in [0.3, 0.4) is 0 Å². The van der Waals surface area contributed by atoms with Crippen LogP contribution in [0.25, 0.3) is 0 Å². The molecule has 0 aromatic heterocycles. The van der Waals surface area contributed by atoms with E-state index in [0.29, 0.717) is 12.5 Å². The number of hydrogen-bond donors (Lipinski definition) is 2. The fraction of sp³-hybridized carbons (Fsp3) is 0.588. The molecule has 0 amide bonds. The summed E-state index contributed by atoms with van der Waals surface area (Å²) in [4.78, 5) is 8.98. The molecule has 1 aliphatic carbocycles. The summed E-state index contributed by atoms with van der Waals surface area (Å²) >= 11 is 5.94. The van der Waals surface area contributed by atoms with Crippen LogP contribution in [0.2, 0.25) is 5.02 Å². The first-order chi connectivity index (χ1) is 11.1. The molecular formula is C17H25ClN4O. The van der Waals surface area contributed by atoms with Crippen LogP contribution in [0.15, 0.2) is 29.3 Å². The normalized spacial score (nSPS) is 25.9. The zero-order valence-corrected chi connectivity index (χ0v) is 14.1. The molecule has 23 heavy (non-hydrogen) atoms. The lowest BCUT2D eigenvalue weighted by molar-refractivity contribution is 0.136. The molecule has 1 saturated carbocycles. The molecule has 2 unspecified atom stereocenters. The smallest absolute Gasteiger partial charge is 0.191 e. The van der Waals surface area contributed by atoms with Crippen molar-refractivity contribution >= 4 is 23.2 Å². The molecule has 2 fully saturated rings. The van der Waals surface area contributed by atoms with Gasteiger partial charge in [-0.15, -0.1) is 0 Å². The average molecular weight is 337 g/mol. The number of nitrogens with zero attached hydrogens (tertiary/aromatic N) is 3. The van der Waals surface area contributed by atoms with Crippen LogP contribution < -0.4 is 10.6 Å². The fourth-order valence-electron chi connectivity index (χ4n) is 3.39. The zero-order valence-electron chi connectivity index (χ0n) is 13.4. The molecule has 1 heterocycles. The van der Waals surface area contributed by atoms with Gasteiger partial charge in [0.15, 0.2) is 5.96 Å². The van der Waals surface area contributed by atoms with E-state index < -0.39 is 0 Å². The number of rotatable bonds is 3. The molecule has 1 saturated heterocycles. The zero-order chi connectivity index (χ0) is 16.2. The van der Waals surface area contributed by atoms with Crippen LogP contribution in [0.5, 0.6) is 0 Å². The second-order valence-electron chi connectivity index (χ2n) is 6.41. The van der Waals surface area contributed by atoms with Gasteiger partial charge in [0.1, 0.15) is 0 Å². The fourth-order valence-corrected chi connectivity index (χ4v) is 3.51. The molecule has 0 bridgehead atoms. The van der Waals surface area contributed by atoms with Crippen molar-refractivity contribution in [2.24, 2.45) is 16.6 Å². The van der Waals surface area contributed by atoms with Crippen LogP contribution in [0, 0.1) is 5.92 Å². The number of nitrogens with two attached hydrogens (primary N) is 1. The Morgan fingerprint density at radius 3 is 2.48 bits per heavy atom. The summed E-state index contributed by atoms with van der Waals surface area (Å²) < 4.78 is 0. The second-order valence-corrected chi connectivity index (χ2v) is 6.84. The van der Waals surface area contributed by atoms with Crippen molar-refractivity contribution in [2.75, 3.05) is 37.6 Å². The highest BCUT2D eigenvalue weighted by Crippen LogP contribution is 2.25. The van der Waals surface area contributed by atoms with Crippen molar-refractivity contribution in [1.82, 2.24) is 4.90 Å². The van der Waals surface area contributed by atoms with Crippen LogP contribution in [0.4, 0.5) is 5.69 Å². The molecule has 3 rings (SSSR count). The van der Waals surface area contributed by atoms with E-state index in [0.717, 1.165) is 50.5 Å². The summed E-state index contributed by atoms with van der Waals surface area (Å²) in [5.41, 5.74) is 7.33. The highest BCUT2D eigenvalue weighted by Gasteiger charge is 2.25. The predicted octanol–water partition coefficient (Wildman–Crippen LogP) is 1.94. The molecule has 3 N–H and O–H groups in total. The van der Waals surface area contributed by atoms with Crippen LogP contribution >= 0.6 is 11.6 Å². The highest BCUT2D eigenvalue weighted by atomic mass is 35.5. The quantitative estimate of drug-likeness (QED) is 0.654. The van der Waals surface area contributed by atoms with E-state index >= 15 is 0 Å². The van der Waals surface area contributed by atoms with Gasteiger partial charge in [-0.2, -0.15) is 0 Å². The number of piperazine rings is 1. The lowest BCUT2D eigenvalue weighted by atomic mass is 10.1. The van der Waals surface area contributed by atoms with Crippen LogP contribution in [0.1, 0.15) is 19.3 Å². The Morgan fingerprint density at radius 1 is 1.17 bits per heavy atom. The third-order valence-electron chi connectivity index (χ3n) is 4.90. The Bertz CT molecular complexity index is 540. The van der Waals surface area contributed by atoms with Gasteiger partial charge in [0.05, 0.1) is 6.10 Å². The Morgan fingerprint density at radius 2 is 1.87 bits per heavy atom. The van der Waals surface area contributed by atoms with Gasteiger partial charge < -0.3 is 20.6 Å². The Balaban J connectivity index is 1.50. The van der Waals surface area contributed by atoms with E-state index in [1.54, 1.807) is 0 Å². The van der Waals surface area contributed by atoms with Gasteiger partial charge in [-0.05, 0) is 37.1 Å². The minimum absolute atomic E-state index is 0.201. The topological polar surface area (TPSA) is 65.1 Å². The predicted molar refractivity (Wildman–Crippen MR) is 95.1 cm³/mol. The average Bonchev–Trinajstić information content (AvgIpc) is 2.99. The summed E-state index contributed by atoms with van der Waals surface area (Å²) in [5, 5.41) is 10.6. The highest BCUT2D eigenvalue weighted by molar-refractivity contribution is 6.30. The number of aliphatic hydroxyl groups excluding tert-OH is 1. The number of benzene rings is 1. The van der Waals surface area contributed by atoms with Crippen molar-refractivity contribution in [3.05, 3.63) is 29.3 Å². The molecule has 126 valence electrons. The maximum Gasteiger partial charge on any atom is 0.191 e. The van der Waals surface area contributed by atoms with Crippen LogP contribution in [-0.2, 0) is 0 Å². The molecule has 5 nitrogen and oxygen atoms in total. The lowest BCUT2D eigenvalue weighted by Gasteiger charge is -2.36. The van der Waals surface area contributed by atoms with E-state index in [2.05, 4.69) is 26.9 Å². The molecule has 1 aromatic rings. The molecule has 6 heteroatoms. The summed E-state index contributed by atoms with van der Waals surface area (Å²) in [6.45, 7) is 4.22. The first-order valence-corrected chi connectivity index (χ1v) is 8.75. The number of halogens is 1. The number of hydrogen-bond acceptors (Lipinski definition) is 3. The summed E-state index contributed by atoms with van der Waals surface area (Å²) in [6, 6.07) is 7.95. The molecule has 0 radical (unpaired) electrons. The van der Waals surface area contributed by atoms with Crippen molar-refractivity contribution in [2.45, 2.75) is 25.4 Å². The van der Waals surface area contributed by atoms with E-state index in [1.165, 1.54) is 5.69 Å². The van der Waals surface area contributed by atoms with E-state index in [1.807, 2.05) is 12.1 Å². The van der Waals surface area contributed by atoms with E-state index in [9.17, 15) is 5.11 Å². The molecule has 1 aliphatic heterocycles. The third-order valence-corrected chi connectivity index (χ3v) is 5.15. The Kier molecular flexibility index (Phi) is 5.28. The largest absolute Gasteiger partial charge is 0.393 e. The Hall–Kier alpha value is -1.46. The third kappa shape index (κ3) is 4.09. The summed E-state index contributed by atoms with van der Waals surface area (Å²) in [5.74, 6) is 0.892. The lowest BCUT2D eigenvalue weighted by Crippen LogP contribution is -2.51. The monoisotopic (exact) mass is 336 g/mol. The van der Waals surface area contributed by atoms with Gasteiger partial charge in [0.25, 0.3) is 0 Å². The molecule has 2 atom stereocenters. The van der Waals surface area contributed by atoms with Crippen molar-refractivity contribution < 1.29 is 5.11 Å². The first-order valence-electron chi connectivity index (χ1n) is 8.37. The van der Waals surface area contributed by atoms with E-state index in [-0.39, 0.29) is 12.0 Å². The summed E-state index contributed by atoms with van der Waals surface area (Å²) in [7, 11) is 0. The van der Waals surface area contributed by atoms with Gasteiger partial charge >= 0.3 is 0 Å². The number of aliphatic imine (C=N–C) groups is 1. The van der Waals surface area contributed by atoms with Gasteiger partial charge in [0, 0.05) is 49.4 Å². The van der Waals surface area contributed by atoms with Crippen LogP contribution in [-0.4, -0.2) is 54.8 Å². The SMILES string of the molecule is NC(=NCC1CCCC1O)N1CCN(c2ccc(Cl)cc2)CC1. The van der Waals surface area contributed by atoms with Crippen molar-refractivity contribution in [3.63, 3.8) is 0 Å². The second kappa shape index (κ2) is 7.41. The Labute approximate surface area is 142 Å². The maximum absolute atomic E-state index is 9.85. The van der Waals surface area contributed by atoms with E-state index in [4.69, 9.17) is 17.3 Å². The molecule has 2 aliphatic rings. The number of anilines is 1. The molecular weight excluding hydrogens is 312 g/mol. The number of guanidine groups is 1. The number of aliphatic hydroxyl groups is 1. The molecule has 1 aromatic carbocycles. The minimum Gasteiger partial charge on any atom is -0.393 e. The van der Waals surface area contributed by atoms with Crippen molar-refractivity contribution in [1.29, 1.82) is 0 Å². The van der Waals surface area contributed by atoms with Crippen molar-refractivity contribution in [3.8, 4) is 0 Å². The standard InChI is InChI=1S/C17H25ClN4O/c18-14-4-6-15(7-5-14)21-8-10-22(11-9-21)17(19)20-12-13-2-1-3-16(13)23/h4-7,13,16,23H,1-3,8-12H2,(H2,19,20). The van der Waals surface area contributed by atoms with Gasteiger partial charge in [-0.25, -0.2) is 0 Å². The molecule has 0 spiro atoms. The maximum atomic E-state index is 9.85. The minimum atomic E-state index is -0.201. The van der Waals surface area contributed by atoms with Gasteiger partial charge in [-0.3, -0.25) is 4.99 Å². The van der Waals surface area contributed by atoms with Gasteiger partial charge in [0.2, 0.25) is 0 Å².